The van der Waals surface area contributed by atoms with Crippen LogP contribution in [0.15, 0.2) is 46.7 Å². The number of hydrogen-bond donors (Lipinski definition) is 2. The van der Waals surface area contributed by atoms with Crippen LogP contribution in [0.2, 0.25) is 0 Å². The van der Waals surface area contributed by atoms with Gasteiger partial charge in [-0.3, -0.25) is 10.1 Å². The molecule has 0 fully saturated rings. The molecule has 2 aromatic rings. The van der Waals surface area contributed by atoms with Gasteiger partial charge in [0.15, 0.2) is 27.1 Å². The highest BCUT2D eigenvalue weighted by Crippen LogP contribution is 2.30. The summed E-state index contributed by atoms with van der Waals surface area (Å²) in [4.78, 5) is 9.96. The second kappa shape index (κ2) is 6.59. The van der Waals surface area contributed by atoms with E-state index in [1.54, 1.807) is 0 Å². The van der Waals surface area contributed by atoms with Crippen molar-refractivity contribution in [1.82, 2.24) is 0 Å². The van der Waals surface area contributed by atoms with E-state index in [-0.39, 0.29) is 16.4 Å². The number of nitro groups is 1. The van der Waals surface area contributed by atoms with E-state index < -0.39 is 26.2 Å². The minimum Gasteiger partial charge on any atom is -0.504 e. The topological polar surface area (TPSA) is 127 Å². The maximum absolute atomic E-state index is 12.3. The van der Waals surface area contributed by atoms with Gasteiger partial charge in [0.05, 0.1) is 16.9 Å². The summed E-state index contributed by atoms with van der Waals surface area (Å²) in [5.41, 5.74) is -0.133. The molecule has 2 aromatic carbocycles. The Morgan fingerprint density at radius 1 is 1.12 bits per heavy atom. The molecule has 0 aromatic heterocycles. The van der Waals surface area contributed by atoms with Gasteiger partial charge in [0.2, 0.25) is 0 Å². The molecule has 0 radical (unpaired) electrons. The van der Waals surface area contributed by atoms with Crippen molar-refractivity contribution < 1.29 is 28.3 Å². The lowest BCUT2D eigenvalue weighted by Crippen LogP contribution is -2.00. The van der Waals surface area contributed by atoms with Gasteiger partial charge in [-0.2, -0.15) is 0 Å². The maximum atomic E-state index is 12.3. The molecule has 126 valence electrons. The van der Waals surface area contributed by atoms with E-state index in [9.17, 15) is 28.7 Å². The van der Waals surface area contributed by atoms with Crippen LogP contribution in [0, 0.1) is 10.1 Å². The Kier molecular flexibility index (Phi) is 4.74. The zero-order valence-electron chi connectivity index (χ0n) is 12.4. The predicted octanol–water partition coefficient (Wildman–Crippen LogP) is 2.46. The minimum absolute atomic E-state index is 0.0496. The number of nitrogens with zero attached hydrogens (tertiary/aromatic N) is 1. The SMILES string of the molecule is COc1ccc(S(=O)(=O)/C=C/c2ccc(O)c(O)c2)cc1[N+](=O)[O-]. The fraction of sp³-hybridized carbons (Fsp3) is 0.0667. The van der Waals surface area contributed by atoms with E-state index in [1.807, 2.05) is 0 Å². The summed E-state index contributed by atoms with van der Waals surface area (Å²) in [6.07, 6.45) is 1.20. The molecule has 2 rings (SSSR count). The number of hydrogen-bond acceptors (Lipinski definition) is 7. The van der Waals surface area contributed by atoms with Crippen molar-refractivity contribution in [3.05, 3.63) is 57.5 Å². The number of rotatable bonds is 5. The summed E-state index contributed by atoms with van der Waals surface area (Å²) in [5.74, 6) is -0.776. The van der Waals surface area contributed by atoms with Crippen LogP contribution in [0.25, 0.3) is 6.08 Å². The van der Waals surface area contributed by atoms with Gasteiger partial charge in [0, 0.05) is 11.5 Å². The van der Waals surface area contributed by atoms with Crippen LogP contribution in [-0.2, 0) is 9.84 Å². The Labute approximate surface area is 137 Å². The van der Waals surface area contributed by atoms with Gasteiger partial charge in [-0.1, -0.05) is 6.07 Å². The zero-order valence-corrected chi connectivity index (χ0v) is 13.2. The average molecular weight is 351 g/mol. The third-order valence-electron chi connectivity index (χ3n) is 3.11. The molecule has 0 atom stereocenters. The molecule has 0 aliphatic heterocycles. The van der Waals surface area contributed by atoms with Crippen molar-refractivity contribution in [2.24, 2.45) is 0 Å². The van der Waals surface area contributed by atoms with Gasteiger partial charge in [-0.05, 0) is 35.9 Å². The molecule has 0 aliphatic rings. The first-order valence-electron chi connectivity index (χ1n) is 6.52. The molecule has 0 heterocycles. The zero-order chi connectivity index (χ0) is 17.9. The first-order valence-corrected chi connectivity index (χ1v) is 8.07. The Morgan fingerprint density at radius 2 is 1.83 bits per heavy atom. The summed E-state index contributed by atoms with van der Waals surface area (Å²) in [6, 6.07) is 7.09. The number of sulfone groups is 1. The largest absolute Gasteiger partial charge is 0.504 e. The van der Waals surface area contributed by atoms with Crippen molar-refractivity contribution >= 4 is 21.6 Å². The standard InChI is InChI=1S/C15H13NO7S/c1-23-15-5-3-11(9-12(15)16(19)20)24(21,22)7-6-10-2-4-13(17)14(18)8-10/h2-9,17-18H,1H3/b7-6+. The molecule has 0 amide bonds. The number of nitro benzene ring substituents is 1. The quantitative estimate of drug-likeness (QED) is 0.481. The number of methoxy groups -OCH3 is 1. The highest BCUT2D eigenvalue weighted by Gasteiger charge is 2.20. The minimum atomic E-state index is -3.95. The Morgan fingerprint density at radius 3 is 2.42 bits per heavy atom. The van der Waals surface area contributed by atoms with Gasteiger partial charge in [-0.15, -0.1) is 0 Å². The average Bonchev–Trinajstić information content (AvgIpc) is 2.55. The molecule has 2 N–H and O–H groups in total. The molecule has 0 saturated carbocycles. The molecular formula is C15H13NO7S. The molecule has 9 heteroatoms. The highest BCUT2D eigenvalue weighted by molar-refractivity contribution is 7.94. The van der Waals surface area contributed by atoms with E-state index >= 15 is 0 Å². The van der Waals surface area contributed by atoms with Gasteiger partial charge in [0.1, 0.15) is 0 Å². The van der Waals surface area contributed by atoms with Gasteiger partial charge in [-0.25, -0.2) is 8.42 Å². The molecular weight excluding hydrogens is 338 g/mol. The Balaban J connectivity index is 2.39. The van der Waals surface area contributed by atoms with Crippen molar-refractivity contribution in [3.8, 4) is 17.2 Å². The van der Waals surface area contributed by atoms with E-state index in [4.69, 9.17) is 4.74 Å². The van der Waals surface area contributed by atoms with Gasteiger partial charge in [0.25, 0.3) is 0 Å². The van der Waals surface area contributed by atoms with Crippen LogP contribution < -0.4 is 4.74 Å². The summed E-state index contributed by atoms with van der Waals surface area (Å²) in [7, 11) is -2.70. The summed E-state index contributed by atoms with van der Waals surface area (Å²) in [5, 5.41) is 30.4. The fourth-order valence-corrected chi connectivity index (χ4v) is 2.91. The van der Waals surface area contributed by atoms with Crippen LogP contribution in [0.3, 0.4) is 0 Å². The summed E-state index contributed by atoms with van der Waals surface area (Å²) < 4.78 is 29.4. The first-order chi connectivity index (χ1) is 11.2. The lowest BCUT2D eigenvalue weighted by atomic mass is 10.2. The normalized spacial score (nSPS) is 11.5. The predicted molar refractivity (Wildman–Crippen MR) is 85.6 cm³/mol. The molecule has 0 bridgehead atoms. The van der Waals surface area contributed by atoms with Crippen LogP contribution in [0.1, 0.15) is 5.56 Å². The molecule has 0 aliphatic carbocycles. The molecule has 24 heavy (non-hydrogen) atoms. The van der Waals surface area contributed by atoms with Crippen LogP contribution >= 0.6 is 0 Å². The lowest BCUT2D eigenvalue weighted by Gasteiger charge is -2.04. The van der Waals surface area contributed by atoms with E-state index in [1.165, 1.54) is 43.5 Å². The molecule has 0 saturated heterocycles. The maximum Gasteiger partial charge on any atom is 0.312 e. The third-order valence-corrected chi connectivity index (χ3v) is 4.52. The number of ether oxygens (including phenoxy) is 1. The molecule has 8 nitrogen and oxygen atoms in total. The lowest BCUT2D eigenvalue weighted by molar-refractivity contribution is -0.386. The van der Waals surface area contributed by atoms with Crippen LogP contribution in [0.4, 0.5) is 5.69 Å². The Hall–Kier alpha value is -3.07. The fourth-order valence-electron chi connectivity index (χ4n) is 1.88. The van der Waals surface area contributed by atoms with Crippen molar-refractivity contribution in [1.29, 1.82) is 0 Å². The van der Waals surface area contributed by atoms with Crippen LogP contribution in [-0.4, -0.2) is 30.7 Å². The number of phenolic OH excluding ortho intramolecular Hbond substituents is 2. The highest BCUT2D eigenvalue weighted by atomic mass is 32.2. The van der Waals surface area contributed by atoms with Crippen LogP contribution in [0.5, 0.6) is 17.2 Å². The number of aromatic hydroxyl groups is 2. The van der Waals surface area contributed by atoms with Gasteiger partial charge >= 0.3 is 5.69 Å². The van der Waals surface area contributed by atoms with Crippen molar-refractivity contribution in [2.45, 2.75) is 4.90 Å². The van der Waals surface area contributed by atoms with E-state index in [2.05, 4.69) is 0 Å². The van der Waals surface area contributed by atoms with Gasteiger partial charge < -0.3 is 14.9 Å². The summed E-state index contributed by atoms with van der Waals surface area (Å²) >= 11 is 0. The third kappa shape index (κ3) is 3.63. The second-order valence-electron chi connectivity index (χ2n) is 4.69. The smallest absolute Gasteiger partial charge is 0.312 e. The molecule has 0 unspecified atom stereocenters. The Bertz CT molecular complexity index is 919. The monoisotopic (exact) mass is 351 g/mol. The second-order valence-corrected chi connectivity index (χ2v) is 6.52. The number of benzene rings is 2. The van der Waals surface area contributed by atoms with Crippen molar-refractivity contribution in [3.63, 3.8) is 0 Å². The first kappa shape index (κ1) is 17.3. The summed E-state index contributed by atoms with van der Waals surface area (Å²) in [6.45, 7) is 0. The molecule has 0 spiro atoms. The van der Waals surface area contributed by atoms with Crippen molar-refractivity contribution in [2.75, 3.05) is 7.11 Å². The van der Waals surface area contributed by atoms with E-state index in [0.717, 1.165) is 11.5 Å². The van der Waals surface area contributed by atoms with E-state index in [0.29, 0.717) is 5.56 Å². The number of phenols is 2.